The molecule has 1 aliphatic rings. The van der Waals surface area contributed by atoms with E-state index in [1.54, 1.807) is 0 Å². The summed E-state index contributed by atoms with van der Waals surface area (Å²) in [5, 5.41) is 6.68. The van der Waals surface area contributed by atoms with E-state index in [1.807, 2.05) is 30.3 Å². The second kappa shape index (κ2) is 12.5. The largest absolute Gasteiger partial charge is 0.416 e. The van der Waals surface area contributed by atoms with Gasteiger partial charge in [0.25, 0.3) is 0 Å². The molecular weight excluding hydrogens is 545 g/mol. The van der Waals surface area contributed by atoms with Gasteiger partial charge in [0, 0.05) is 5.41 Å². The van der Waals surface area contributed by atoms with Gasteiger partial charge in [-0.15, -0.1) is 24.8 Å². The van der Waals surface area contributed by atoms with Gasteiger partial charge >= 0.3 is 12.4 Å². The van der Waals surface area contributed by atoms with Crippen molar-refractivity contribution >= 4 is 24.8 Å². The zero-order valence-electron chi connectivity index (χ0n) is 19.5. The van der Waals surface area contributed by atoms with Crippen LogP contribution in [0.15, 0.2) is 54.9 Å². The molecule has 0 bridgehead atoms. The molecule has 5 nitrogen and oxygen atoms in total. The number of piperidine rings is 1. The van der Waals surface area contributed by atoms with Crippen molar-refractivity contribution in [3.8, 4) is 0 Å². The maximum atomic E-state index is 13.2. The van der Waals surface area contributed by atoms with Crippen LogP contribution in [-0.4, -0.2) is 39.8 Å². The summed E-state index contributed by atoms with van der Waals surface area (Å²) in [6.45, 7) is 1.87. The van der Waals surface area contributed by atoms with E-state index in [1.165, 1.54) is 6.33 Å². The number of alkyl halides is 6. The molecule has 1 saturated heterocycles. The Hall–Kier alpha value is -2.34. The number of aromatic nitrogens is 3. The Morgan fingerprint density at radius 1 is 0.892 bits per heavy atom. The minimum Gasteiger partial charge on any atom is -0.376 e. The standard InChI is InChI=1S/C24H24F6N4O.2ClH/c25-23(26,27)19-10-17(11-20(12-19)24(28,29)30)14-35-15-22(18-4-2-1-3-5-18)6-8-34(9-7-22)13-21-31-16-32-33-21;;/h1-5,10-12,16H,6-9,13-15H2,(H,31,32,33);2*1H. The minimum absolute atomic E-state index is 0. The molecule has 1 N–H and O–H groups in total. The summed E-state index contributed by atoms with van der Waals surface area (Å²) in [5.74, 6) is 0.749. The maximum absolute atomic E-state index is 13.2. The van der Waals surface area contributed by atoms with Crippen molar-refractivity contribution < 1.29 is 31.1 Å². The van der Waals surface area contributed by atoms with Crippen molar-refractivity contribution in [1.82, 2.24) is 20.1 Å². The molecule has 0 atom stereocenters. The quantitative estimate of drug-likeness (QED) is 0.332. The van der Waals surface area contributed by atoms with Crippen LogP contribution in [0.1, 0.15) is 40.9 Å². The summed E-state index contributed by atoms with van der Waals surface area (Å²) in [6.07, 6.45) is -6.92. The highest BCUT2D eigenvalue weighted by Crippen LogP contribution is 2.38. The third kappa shape index (κ3) is 7.83. The molecule has 13 heteroatoms. The Morgan fingerprint density at radius 3 is 2.00 bits per heavy atom. The van der Waals surface area contributed by atoms with Gasteiger partial charge in [-0.2, -0.15) is 31.4 Å². The molecule has 1 fully saturated rings. The van der Waals surface area contributed by atoms with E-state index >= 15 is 0 Å². The lowest BCUT2D eigenvalue weighted by atomic mass is 9.73. The molecule has 2 heterocycles. The first-order chi connectivity index (χ1) is 16.6. The van der Waals surface area contributed by atoms with Crippen molar-refractivity contribution in [2.24, 2.45) is 0 Å². The van der Waals surface area contributed by atoms with E-state index in [4.69, 9.17) is 4.74 Å². The smallest absolute Gasteiger partial charge is 0.376 e. The van der Waals surface area contributed by atoms with Crippen LogP contribution in [0.5, 0.6) is 0 Å². The van der Waals surface area contributed by atoms with Crippen molar-refractivity contribution in [3.63, 3.8) is 0 Å². The average molecular weight is 571 g/mol. The number of nitrogens with one attached hydrogen (secondary N) is 1. The minimum atomic E-state index is -4.89. The summed E-state index contributed by atoms with van der Waals surface area (Å²) in [7, 11) is 0. The molecule has 0 aliphatic carbocycles. The molecular formula is C24H26Cl2F6N4O. The topological polar surface area (TPSA) is 54.0 Å². The van der Waals surface area contributed by atoms with Crippen molar-refractivity contribution in [1.29, 1.82) is 0 Å². The van der Waals surface area contributed by atoms with Crippen molar-refractivity contribution in [2.45, 2.75) is 43.8 Å². The lowest BCUT2D eigenvalue weighted by molar-refractivity contribution is -0.143. The van der Waals surface area contributed by atoms with Crippen LogP contribution in [0.25, 0.3) is 0 Å². The van der Waals surface area contributed by atoms with Gasteiger partial charge in [0.05, 0.1) is 30.9 Å². The third-order valence-corrected chi connectivity index (χ3v) is 6.33. The van der Waals surface area contributed by atoms with Crippen molar-refractivity contribution in [3.05, 3.63) is 82.9 Å². The monoisotopic (exact) mass is 570 g/mol. The first kappa shape index (κ1) is 30.9. The van der Waals surface area contributed by atoms with Gasteiger partial charge in [0.1, 0.15) is 12.2 Å². The van der Waals surface area contributed by atoms with Crippen LogP contribution >= 0.6 is 24.8 Å². The fourth-order valence-electron chi connectivity index (χ4n) is 4.43. The van der Waals surface area contributed by atoms with Crippen LogP contribution in [0.2, 0.25) is 0 Å². The van der Waals surface area contributed by atoms with E-state index in [0.29, 0.717) is 31.5 Å². The normalized spacial score (nSPS) is 16.1. The first-order valence-electron chi connectivity index (χ1n) is 11.0. The van der Waals surface area contributed by atoms with Gasteiger partial charge in [0.2, 0.25) is 0 Å². The molecule has 0 unspecified atom stereocenters. The van der Waals surface area contributed by atoms with Gasteiger partial charge in [0.15, 0.2) is 0 Å². The molecule has 37 heavy (non-hydrogen) atoms. The number of ether oxygens (including phenoxy) is 1. The summed E-state index contributed by atoms with van der Waals surface area (Å²) < 4.78 is 84.9. The number of aromatic amines is 1. The van der Waals surface area contributed by atoms with Gasteiger partial charge in [-0.25, -0.2) is 4.98 Å². The Kier molecular flexibility index (Phi) is 10.4. The van der Waals surface area contributed by atoms with E-state index in [0.717, 1.165) is 24.5 Å². The predicted molar refractivity (Wildman–Crippen MR) is 130 cm³/mol. The SMILES string of the molecule is Cl.Cl.FC(F)(F)c1cc(COCC2(c3ccccc3)CCN(Cc3ncn[nH]3)CC2)cc(C(F)(F)F)c1. The van der Waals surface area contributed by atoms with Crippen LogP contribution < -0.4 is 0 Å². The molecule has 2 aromatic carbocycles. The summed E-state index contributed by atoms with van der Waals surface area (Å²) in [4.78, 5) is 6.36. The Balaban J connectivity index is 0.00000241. The Labute approximate surface area is 222 Å². The molecule has 0 amide bonds. The van der Waals surface area contributed by atoms with Gasteiger partial charge in [-0.1, -0.05) is 30.3 Å². The first-order valence-corrected chi connectivity index (χ1v) is 11.0. The molecule has 3 aromatic rings. The van der Waals surface area contributed by atoms with Gasteiger partial charge in [-0.3, -0.25) is 10.00 Å². The Morgan fingerprint density at radius 2 is 1.49 bits per heavy atom. The summed E-state index contributed by atoms with van der Waals surface area (Å²) >= 11 is 0. The molecule has 204 valence electrons. The second-order valence-electron chi connectivity index (χ2n) is 8.76. The van der Waals surface area contributed by atoms with E-state index in [-0.39, 0.29) is 49.7 Å². The van der Waals surface area contributed by atoms with Gasteiger partial charge in [-0.05, 0) is 55.3 Å². The van der Waals surface area contributed by atoms with Crippen LogP contribution in [-0.2, 0) is 35.7 Å². The molecule has 4 rings (SSSR count). The number of nitrogens with zero attached hydrogens (tertiary/aromatic N) is 3. The molecule has 1 aliphatic heterocycles. The number of hydrogen-bond donors (Lipinski definition) is 1. The maximum Gasteiger partial charge on any atom is 0.416 e. The lowest BCUT2D eigenvalue weighted by Crippen LogP contribution is -2.45. The molecule has 1 aromatic heterocycles. The molecule has 0 radical (unpaired) electrons. The molecule has 0 spiro atoms. The Bertz CT molecular complexity index is 1070. The fraction of sp³-hybridized carbons (Fsp3) is 0.417. The number of halogens is 8. The van der Waals surface area contributed by atoms with E-state index in [2.05, 4.69) is 20.1 Å². The predicted octanol–water partition coefficient (Wildman–Crippen LogP) is 6.44. The number of likely N-dealkylation sites (tertiary alicyclic amines) is 1. The number of rotatable bonds is 7. The van der Waals surface area contributed by atoms with E-state index < -0.39 is 28.9 Å². The van der Waals surface area contributed by atoms with Crippen molar-refractivity contribution in [2.75, 3.05) is 19.7 Å². The molecule has 0 saturated carbocycles. The lowest BCUT2D eigenvalue weighted by Gasteiger charge is -2.42. The number of benzene rings is 2. The summed E-state index contributed by atoms with van der Waals surface area (Å²) in [5.41, 5.74) is -2.24. The zero-order chi connectivity index (χ0) is 25.1. The van der Waals surface area contributed by atoms with E-state index in [9.17, 15) is 26.3 Å². The second-order valence-corrected chi connectivity index (χ2v) is 8.76. The van der Waals surface area contributed by atoms with Crippen LogP contribution in [0.3, 0.4) is 0 Å². The number of H-pyrrole nitrogens is 1. The third-order valence-electron chi connectivity index (χ3n) is 6.33. The highest BCUT2D eigenvalue weighted by Gasteiger charge is 2.38. The highest BCUT2D eigenvalue weighted by atomic mass is 35.5. The highest BCUT2D eigenvalue weighted by molar-refractivity contribution is 5.85. The van der Waals surface area contributed by atoms with Crippen LogP contribution in [0.4, 0.5) is 26.3 Å². The average Bonchev–Trinajstić information content (AvgIpc) is 3.33. The zero-order valence-corrected chi connectivity index (χ0v) is 21.1. The summed E-state index contributed by atoms with van der Waals surface area (Å²) in [6, 6.07) is 11.2. The fourth-order valence-corrected chi connectivity index (χ4v) is 4.43. The van der Waals surface area contributed by atoms with Crippen LogP contribution in [0, 0.1) is 0 Å². The number of hydrogen-bond acceptors (Lipinski definition) is 4. The van der Waals surface area contributed by atoms with Gasteiger partial charge < -0.3 is 4.74 Å².